The van der Waals surface area contributed by atoms with Crippen LogP contribution < -0.4 is 0 Å². The van der Waals surface area contributed by atoms with Crippen molar-refractivity contribution in [2.75, 3.05) is 0 Å². The molecule has 0 aliphatic heterocycles. The summed E-state index contributed by atoms with van der Waals surface area (Å²) in [5.41, 5.74) is 1.20. The fraction of sp³-hybridized carbons (Fsp3) is 0.0833. The summed E-state index contributed by atoms with van der Waals surface area (Å²) in [4.78, 5) is 20.8. The number of hydrogen-bond acceptors (Lipinski definition) is 4. The Balaban J connectivity index is 2.49. The molecule has 5 heteroatoms. The lowest BCUT2D eigenvalue weighted by atomic mass is 10.1. The van der Waals surface area contributed by atoms with E-state index in [0.717, 1.165) is 0 Å². The van der Waals surface area contributed by atoms with Gasteiger partial charge in [-0.25, -0.2) is 0 Å². The van der Waals surface area contributed by atoms with Crippen LogP contribution in [-0.4, -0.2) is 11.2 Å². The molecule has 5 nitrogen and oxygen atoms in total. The summed E-state index contributed by atoms with van der Waals surface area (Å²) < 4.78 is 5.20. The zero-order valence-corrected chi connectivity index (χ0v) is 9.04. The van der Waals surface area contributed by atoms with Gasteiger partial charge in [0.25, 0.3) is 5.69 Å². The third-order valence-electron chi connectivity index (χ3n) is 2.43. The maximum atomic E-state index is 10.8. The quantitative estimate of drug-likeness (QED) is 0.462. The first kappa shape index (κ1) is 11.1. The molecule has 0 amide bonds. The predicted octanol–water partition coefficient (Wildman–Crippen LogP) is 2.98. The van der Waals surface area contributed by atoms with Crippen LogP contribution >= 0.6 is 0 Å². The van der Waals surface area contributed by atoms with Crippen LogP contribution in [0.3, 0.4) is 0 Å². The van der Waals surface area contributed by atoms with Crippen molar-refractivity contribution in [1.29, 1.82) is 0 Å². The number of furan rings is 1. The summed E-state index contributed by atoms with van der Waals surface area (Å²) in [6.45, 7) is 1.67. The monoisotopic (exact) mass is 231 g/mol. The van der Waals surface area contributed by atoms with Crippen LogP contribution in [0.5, 0.6) is 0 Å². The molecule has 2 aromatic rings. The zero-order valence-electron chi connectivity index (χ0n) is 9.04. The Kier molecular flexibility index (Phi) is 2.74. The van der Waals surface area contributed by atoms with E-state index in [9.17, 15) is 14.9 Å². The molecule has 86 valence electrons. The molecule has 1 heterocycles. The van der Waals surface area contributed by atoms with Crippen molar-refractivity contribution in [3.05, 3.63) is 51.8 Å². The third-order valence-corrected chi connectivity index (χ3v) is 2.43. The van der Waals surface area contributed by atoms with Gasteiger partial charge in [-0.1, -0.05) is 12.1 Å². The number of carbonyl (C=O) groups excluding carboxylic acids is 1. The topological polar surface area (TPSA) is 73.3 Å². The maximum absolute atomic E-state index is 10.8. The fourth-order valence-corrected chi connectivity index (χ4v) is 1.53. The molecule has 0 N–H and O–H groups in total. The number of nitro groups is 1. The molecular formula is C12H9NO4. The van der Waals surface area contributed by atoms with Crippen molar-refractivity contribution in [1.82, 2.24) is 0 Å². The van der Waals surface area contributed by atoms with E-state index in [1.54, 1.807) is 25.1 Å². The standard InChI is InChI=1S/C12H9NO4/c1-8-2-3-9(6-11(8)13(15)16)12-5-4-10(7-14)17-12/h2-7H,1H3. The number of benzene rings is 1. The van der Waals surface area contributed by atoms with Gasteiger partial charge in [0, 0.05) is 17.2 Å². The van der Waals surface area contributed by atoms with Crippen LogP contribution in [0.4, 0.5) is 5.69 Å². The second-order valence-corrected chi connectivity index (χ2v) is 3.58. The first-order chi connectivity index (χ1) is 8.11. The van der Waals surface area contributed by atoms with Gasteiger partial charge in [0.15, 0.2) is 12.0 Å². The number of carbonyl (C=O) groups is 1. The van der Waals surface area contributed by atoms with Crippen LogP contribution in [0.15, 0.2) is 34.7 Å². The number of hydrogen-bond donors (Lipinski definition) is 0. The van der Waals surface area contributed by atoms with Gasteiger partial charge in [-0.05, 0) is 19.1 Å². The van der Waals surface area contributed by atoms with E-state index in [1.165, 1.54) is 12.1 Å². The predicted molar refractivity (Wildman–Crippen MR) is 60.9 cm³/mol. The van der Waals surface area contributed by atoms with Crippen molar-refractivity contribution in [2.45, 2.75) is 6.92 Å². The molecule has 17 heavy (non-hydrogen) atoms. The highest BCUT2D eigenvalue weighted by Gasteiger charge is 2.13. The summed E-state index contributed by atoms with van der Waals surface area (Å²) in [5, 5.41) is 10.8. The smallest absolute Gasteiger partial charge is 0.273 e. The van der Waals surface area contributed by atoms with E-state index >= 15 is 0 Å². The van der Waals surface area contributed by atoms with Crippen LogP contribution in [0, 0.1) is 17.0 Å². The first-order valence-electron chi connectivity index (χ1n) is 4.92. The zero-order chi connectivity index (χ0) is 12.4. The maximum Gasteiger partial charge on any atom is 0.273 e. The Morgan fingerprint density at radius 3 is 2.65 bits per heavy atom. The fourth-order valence-electron chi connectivity index (χ4n) is 1.53. The molecule has 0 bridgehead atoms. The van der Waals surface area contributed by atoms with Crippen LogP contribution in [0.25, 0.3) is 11.3 Å². The largest absolute Gasteiger partial charge is 0.453 e. The summed E-state index contributed by atoms with van der Waals surface area (Å²) in [6, 6.07) is 7.93. The number of aryl methyl sites for hydroxylation is 1. The molecule has 0 saturated carbocycles. The Morgan fingerprint density at radius 2 is 2.06 bits per heavy atom. The normalized spacial score (nSPS) is 10.2. The average molecular weight is 231 g/mol. The first-order valence-corrected chi connectivity index (χ1v) is 4.92. The summed E-state index contributed by atoms with van der Waals surface area (Å²) in [6.07, 6.45) is 0.589. The molecule has 2 rings (SSSR count). The molecule has 0 fully saturated rings. The summed E-state index contributed by atoms with van der Waals surface area (Å²) in [5.74, 6) is 0.637. The van der Waals surface area contributed by atoms with Gasteiger partial charge in [0.1, 0.15) is 5.76 Å². The molecule has 0 atom stereocenters. The van der Waals surface area contributed by atoms with E-state index in [2.05, 4.69) is 0 Å². The third kappa shape index (κ3) is 2.08. The van der Waals surface area contributed by atoms with Gasteiger partial charge < -0.3 is 4.42 Å². The summed E-state index contributed by atoms with van der Waals surface area (Å²) >= 11 is 0. The molecule has 0 unspecified atom stereocenters. The van der Waals surface area contributed by atoms with E-state index in [4.69, 9.17) is 4.42 Å². The summed E-state index contributed by atoms with van der Waals surface area (Å²) in [7, 11) is 0. The van der Waals surface area contributed by atoms with Gasteiger partial charge in [0.2, 0.25) is 0 Å². The van der Waals surface area contributed by atoms with Crippen LogP contribution in [-0.2, 0) is 0 Å². The van der Waals surface area contributed by atoms with E-state index in [-0.39, 0.29) is 11.4 Å². The number of nitrogens with zero attached hydrogens (tertiary/aromatic N) is 1. The van der Waals surface area contributed by atoms with Crippen molar-refractivity contribution in [3.63, 3.8) is 0 Å². The highest BCUT2D eigenvalue weighted by Crippen LogP contribution is 2.27. The molecule has 0 aliphatic carbocycles. The molecule has 0 saturated heterocycles. The number of aldehydes is 1. The van der Waals surface area contributed by atoms with E-state index in [0.29, 0.717) is 23.2 Å². The Morgan fingerprint density at radius 1 is 1.29 bits per heavy atom. The van der Waals surface area contributed by atoms with Gasteiger partial charge in [-0.3, -0.25) is 14.9 Å². The lowest BCUT2D eigenvalue weighted by molar-refractivity contribution is -0.385. The molecule has 0 aliphatic rings. The lowest BCUT2D eigenvalue weighted by Gasteiger charge is -2.00. The van der Waals surface area contributed by atoms with Crippen LogP contribution in [0.2, 0.25) is 0 Å². The SMILES string of the molecule is Cc1ccc(-c2ccc(C=O)o2)cc1[N+](=O)[O-]. The molecule has 0 spiro atoms. The second-order valence-electron chi connectivity index (χ2n) is 3.58. The highest BCUT2D eigenvalue weighted by molar-refractivity contribution is 5.73. The molecule has 0 radical (unpaired) electrons. The van der Waals surface area contributed by atoms with Crippen LogP contribution in [0.1, 0.15) is 16.1 Å². The van der Waals surface area contributed by atoms with Crippen molar-refractivity contribution < 1.29 is 14.1 Å². The highest BCUT2D eigenvalue weighted by atomic mass is 16.6. The minimum absolute atomic E-state index is 0.0338. The average Bonchev–Trinajstić information content (AvgIpc) is 2.78. The van der Waals surface area contributed by atoms with Crippen molar-refractivity contribution in [3.8, 4) is 11.3 Å². The Bertz CT molecular complexity index is 586. The van der Waals surface area contributed by atoms with Gasteiger partial charge in [-0.2, -0.15) is 0 Å². The molecule has 1 aromatic heterocycles. The van der Waals surface area contributed by atoms with Gasteiger partial charge >= 0.3 is 0 Å². The number of nitro benzene ring substituents is 1. The molecular weight excluding hydrogens is 222 g/mol. The minimum Gasteiger partial charge on any atom is -0.453 e. The van der Waals surface area contributed by atoms with Crippen molar-refractivity contribution in [2.24, 2.45) is 0 Å². The second kappa shape index (κ2) is 4.21. The Labute approximate surface area is 96.8 Å². The minimum atomic E-state index is -0.442. The van der Waals surface area contributed by atoms with Gasteiger partial charge in [-0.15, -0.1) is 0 Å². The van der Waals surface area contributed by atoms with E-state index in [1.807, 2.05) is 0 Å². The van der Waals surface area contributed by atoms with Crippen molar-refractivity contribution >= 4 is 12.0 Å². The molecule has 1 aromatic carbocycles. The Hall–Kier alpha value is -2.43. The van der Waals surface area contributed by atoms with E-state index < -0.39 is 4.92 Å². The lowest BCUT2D eigenvalue weighted by Crippen LogP contribution is -1.91. The number of rotatable bonds is 3. The van der Waals surface area contributed by atoms with Gasteiger partial charge in [0.05, 0.1) is 4.92 Å².